The smallest absolute Gasteiger partial charge is 0.0297 e. The third-order valence-corrected chi connectivity index (χ3v) is 7.04. The zero-order valence-corrected chi connectivity index (χ0v) is 18.8. The standard InChI is InChI=1S/C26H52/c1-3-5-7-9-11-13-15-18-22-26(24-20-17-21-25-26)23-19-16-14-12-10-8-6-4-2/h3-25H2,1-2H3. The van der Waals surface area contributed by atoms with Crippen molar-refractivity contribution in [3.05, 3.63) is 0 Å². The zero-order chi connectivity index (χ0) is 18.8. The average molecular weight is 365 g/mol. The summed E-state index contributed by atoms with van der Waals surface area (Å²) < 4.78 is 0. The Kier molecular flexibility index (Phi) is 15.8. The molecule has 0 heterocycles. The summed E-state index contributed by atoms with van der Waals surface area (Å²) in [6.07, 6.45) is 34.4. The highest BCUT2D eigenvalue weighted by Gasteiger charge is 2.30. The van der Waals surface area contributed by atoms with Gasteiger partial charge in [0, 0.05) is 0 Å². The van der Waals surface area contributed by atoms with Crippen molar-refractivity contribution in [1.82, 2.24) is 0 Å². The van der Waals surface area contributed by atoms with E-state index in [0.717, 1.165) is 5.41 Å². The fourth-order valence-corrected chi connectivity index (χ4v) is 5.19. The molecule has 0 saturated heterocycles. The van der Waals surface area contributed by atoms with E-state index in [2.05, 4.69) is 13.8 Å². The van der Waals surface area contributed by atoms with Crippen LogP contribution in [0.25, 0.3) is 0 Å². The summed E-state index contributed by atoms with van der Waals surface area (Å²) in [4.78, 5) is 0. The lowest BCUT2D eigenvalue weighted by Gasteiger charge is -2.38. The summed E-state index contributed by atoms with van der Waals surface area (Å²) >= 11 is 0. The second-order valence-corrected chi connectivity index (χ2v) is 9.51. The van der Waals surface area contributed by atoms with Gasteiger partial charge in [0.2, 0.25) is 0 Å². The van der Waals surface area contributed by atoms with E-state index in [1.165, 1.54) is 122 Å². The first-order valence-corrected chi connectivity index (χ1v) is 12.8. The van der Waals surface area contributed by atoms with Crippen LogP contribution in [0, 0.1) is 5.41 Å². The molecule has 0 aromatic carbocycles. The van der Waals surface area contributed by atoms with Gasteiger partial charge >= 0.3 is 0 Å². The van der Waals surface area contributed by atoms with E-state index in [9.17, 15) is 0 Å². The lowest BCUT2D eigenvalue weighted by Crippen LogP contribution is -2.24. The molecule has 26 heavy (non-hydrogen) atoms. The molecule has 0 aromatic rings. The monoisotopic (exact) mass is 364 g/mol. The highest BCUT2D eigenvalue weighted by atomic mass is 14.4. The summed E-state index contributed by atoms with van der Waals surface area (Å²) in [5.74, 6) is 0. The van der Waals surface area contributed by atoms with E-state index in [1.807, 2.05) is 0 Å². The molecule has 0 aromatic heterocycles. The number of hydrogen-bond donors (Lipinski definition) is 0. The average Bonchev–Trinajstić information content (AvgIpc) is 2.67. The fraction of sp³-hybridized carbons (Fsp3) is 1.00. The van der Waals surface area contributed by atoms with Gasteiger partial charge in [0.1, 0.15) is 0 Å². The molecule has 1 fully saturated rings. The normalized spacial score (nSPS) is 16.8. The van der Waals surface area contributed by atoms with Gasteiger partial charge in [0.25, 0.3) is 0 Å². The largest absolute Gasteiger partial charge is 0.0654 e. The van der Waals surface area contributed by atoms with Gasteiger partial charge in [-0.3, -0.25) is 0 Å². The number of unbranched alkanes of at least 4 members (excludes halogenated alkanes) is 14. The molecular formula is C26H52. The third kappa shape index (κ3) is 12.4. The fourth-order valence-electron chi connectivity index (χ4n) is 5.19. The van der Waals surface area contributed by atoms with Crippen LogP contribution >= 0.6 is 0 Å². The lowest BCUT2D eigenvalue weighted by atomic mass is 9.68. The Hall–Kier alpha value is 0. The molecular weight excluding hydrogens is 312 g/mol. The summed E-state index contributed by atoms with van der Waals surface area (Å²) in [6.45, 7) is 4.63. The second-order valence-electron chi connectivity index (χ2n) is 9.51. The van der Waals surface area contributed by atoms with Gasteiger partial charge in [0.05, 0.1) is 0 Å². The van der Waals surface area contributed by atoms with Crippen LogP contribution in [0.15, 0.2) is 0 Å². The van der Waals surface area contributed by atoms with Crippen molar-refractivity contribution in [2.75, 3.05) is 0 Å². The Morgan fingerprint density at radius 3 is 1.15 bits per heavy atom. The van der Waals surface area contributed by atoms with Gasteiger partial charge in [-0.25, -0.2) is 0 Å². The predicted octanol–water partition coefficient (Wildman–Crippen LogP) is 10.00. The van der Waals surface area contributed by atoms with Gasteiger partial charge < -0.3 is 0 Å². The van der Waals surface area contributed by atoms with Crippen LogP contribution in [-0.4, -0.2) is 0 Å². The van der Waals surface area contributed by atoms with E-state index in [0.29, 0.717) is 0 Å². The summed E-state index contributed by atoms with van der Waals surface area (Å²) in [7, 11) is 0. The van der Waals surface area contributed by atoms with Crippen LogP contribution in [-0.2, 0) is 0 Å². The molecule has 0 amide bonds. The van der Waals surface area contributed by atoms with Gasteiger partial charge in [-0.05, 0) is 31.1 Å². The molecule has 156 valence electrons. The summed E-state index contributed by atoms with van der Waals surface area (Å²) in [5, 5.41) is 0. The Morgan fingerprint density at radius 2 is 0.769 bits per heavy atom. The van der Waals surface area contributed by atoms with Crippen molar-refractivity contribution >= 4 is 0 Å². The van der Waals surface area contributed by atoms with Crippen molar-refractivity contribution in [1.29, 1.82) is 0 Å². The Bertz CT molecular complexity index is 252. The molecule has 0 N–H and O–H groups in total. The van der Waals surface area contributed by atoms with Crippen LogP contribution < -0.4 is 0 Å². The lowest BCUT2D eigenvalue weighted by molar-refractivity contribution is 0.146. The molecule has 1 aliphatic carbocycles. The molecule has 0 bridgehead atoms. The Morgan fingerprint density at radius 1 is 0.423 bits per heavy atom. The third-order valence-electron chi connectivity index (χ3n) is 7.04. The molecule has 0 atom stereocenters. The molecule has 0 heteroatoms. The Labute approximate surface area is 167 Å². The first-order chi connectivity index (χ1) is 12.8. The summed E-state index contributed by atoms with van der Waals surface area (Å²) in [5.41, 5.74) is 0.767. The summed E-state index contributed by atoms with van der Waals surface area (Å²) in [6, 6.07) is 0. The molecule has 0 aliphatic heterocycles. The topological polar surface area (TPSA) is 0 Å². The molecule has 1 aliphatic rings. The molecule has 0 unspecified atom stereocenters. The van der Waals surface area contributed by atoms with Crippen molar-refractivity contribution in [2.45, 2.75) is 162 Å². The van der Waals surface area contributed by atoms with Gasteiger partial charge in [-0.15, -0.1) is 0 Å². The molecule has 1 rings (SSSR count). The SMILES string of the molecule is CCCCCCCCCCC1(CCCCCCCCCC)CCCCC1. The van der Waals surface area contributed by atoms with Gasteiger partial charge in [-0.2, -0.15) is 0 Å². The second kappa shape index (κ2) is 17.1. The first kappa shape index (κ1) is 24.0. The minimum atomic E-state index is 0.767. The molecule has 0 radical (unpaired) electrons. The first-order valence-electron chi connectivity index (χ1n) is 12.8. The maximum absolute atomic E-state index is 2.32. The molecule has 0 nitrogen and oxygen atoms in total. The minimum Gasteiger partial charge on any atom is -0.0654 e. The van der Waals surface area contributed by atoms with Crippen LogP contribution in [0.2, 0.25) is 0 Å². The highest BCUT2D eigenvalue weighted by molar-refractivity contribution is 4.82. The Balaban J connectivity index is 2.09. The maximum atomic E-state index is 2.32. The van der Waals surface area contributed by atoms with Gasteiger partial charge in [0.15, 0.2) is 0 Å². The molecule has 0 spiro atoms. The maximum Gasteiger partial charge on any atom is -0.0297 e. The minimum absolute atomic E-state index is 0.767. The number of rotatable bonds is 18. The molecule has 1 saturated carbocycles. The van der Waals surface area contributed by atoms with Crippen LogP contribution in [0.3, 0.4) is 0 Å². The van der Waals surface area contributed by atoms with Crippen molar-refractivity contribution in [3.63, 3.8) is 0 Å². The number of hydrogen-bond acceptors (Lipinski definition) is 0. The highest BCUT2D eigenvalue weighted by Crippen LogP contribution is 2.44. The van der Waals surface area contributed by atoms with Crippen molar-refractivity contribution in [3.8, 4) is 0 Å². The quantitative estimate of drug-likeness (QED) is 0.212. The van der Waals surface area contributed by atoms with Gasteiger partial charge in [-0.1, -0.05) is 136 Å². The van der Waals surface area contributed by atoms with Crippen LogP contribution in [0.5, 0.6) is 0 Å². The van der Waals surface area contributed by atoms with Crippen molar-refractivity contribution in [2.24, 2.45) is 5.41 Å². The van der Waals surface area contributed by atoms with E-state index in [-0.39, 0.29) is 0 Å². The van der Waals surface area contributed by atoms with E-state index >= 15 is 0 Å². The van der Waals surface area contributed by atoms with E-state index < -0.39 is 0 Å². The van der Waals surface area contributed by atoms with E-state index in [4.69, 9.17) is 0 Å². The predicted molar refractivity (Wildman–Crippen MR) is 120 cm³/mol. The van der Waals surface area contributed by atoms with Crippen LogP contribution in [0.4, 0.5) is 0 Å². The van der Waals surface area contributed by atoms with E-state index in [1.54, 1.807) is 25.7 Å². The zero-order valence-electron chi connectivity index (χ0n) is 18.8. The van der Waals surface area contributed by atoms with Crippen molar-refractivity contribution < 1.29 is 0 Å². The van der Waals surface area contributed by atoms with Crippen LogP contribution in [0.1, 0.15) is 162 Å².